The molecule has 0 radical (unpaired) electrons. The Bertz CT molecular complexity index is 494. The quantitative estimate of drug-likeness (QED) is 0.838. The van der Waals surface area contributed by atoms with E-state index in [0.717, 1.165) is 18.0 Å². The molecule has 0 amide bonds. The van der Waals surface area contributed by atoms with Crippen molar-refractivity contribution in [1.82, 2.24) is 15.3 Å². The predicted octanol–water partition coefficient (Wildman–Crippen LogP) is 2.70. The van der Waals surface area contributed by atoms with Gasteiger partial charge in [0.05, 0.1) is 6.10 Å². The maximum atomic E-state index is 5.73. The van der Waals surface area contributed by atoms with Gasteiger partial charge in [-0.25, -0.2) is 4.98 Å². The second kappa shape index (κ2) is 6.38. The van der Waals surface area contributed by atoms with Gasteiger partial charge in [-0.3, -0.25) is 0 Å². The van der Waals surface area contributed by atoms with E-state index in [1.807, 2.05) is 39.2 Å². The highest BCUT2D eigenvalue weighted by atomic mass is 16.5. The number of nitrogens with zero attached hydrogens (tertiary/aromatic N) is 1. The van der Waals surface area contributed by atoms with Gasteiger partial charge in [-0.1, -0.05) is 12.1 Å². The number of hydrogen-bond acceptors (Lipinski definition) is 3. The molecule has 0 fully saturated rings. The molecular formula is C15H21N3O. The van der Waals surface area contributed by atoms with Gasteiger partial charge in [0.2, 0.25) is 0 Å². The molecule has 0 aliphatic carbocycles. The molecule has 4 nitrogen and oxygen atoms in total. The number of hydrogen-bond donors (Lipinski definition) is 2. The van der Waals surface area contributed by atoms with Crippen LogP contribution in [-0.4, -0.2) is 23.1 Å². The van der Waals surface area contributed by atoms with Crippen LogP contribution >= 0.6 is 0 Å². The summed E-state index contributed by atoms with van der Waals surface area (Å²) in [5.41, 5.74) is 1.21. The first-order valence-corrected chi connectivity index (χ1v) is 6.61. The summed E-state index contributed by atoms with van der Waals surface area (Å²) in [7, 11) is 1.96. The van der Waals surface area contributed by atoms with Crippen LogP contribution in [0.4, 0.5) is 0 Å². The number of ether oxygens (including phenoxy) is 1. The average Bonchev–Trinajstić information content (AvgIpc) is 2.88. The van der Waals surface area contributed by atoms with Crippen molar-refractivity contribution in [2.45, 2.75) is 32.4 Å². The highest BCUT2D eigenvalue weighted by molar-refractivity contribution is 5.31. The molecule has 0 saturated carbocycles. The van der Waals surface area contributed by atoms with E-state index in [-0.39, 0.29) is 12.1 Å². The summed E-state index contributed by atoms with van der Waals surface area (Å²) in [6.45, 7) is 4.07. The van der Waals surface area contributed by atoms with Gasteiger partial charge in [-0.15, -0.1) is 0 Å². The van der Waals surface area contributed by atoms with Gasteiger partial charge in [0, 0.05) is 24.9 Å². The second-order valence-corrected chi connectivity index (χ2v) is 4.82. The molecule has 0 aliphatic rings. The maximum absolute atomic E-state index is 5.73. The molecule has 2 aromatic rings. The zero-order valence-electron chi connectivity index (χ0n) is 11.7. The van der Waals surface area contributed by atoms with E-state index in [9.17, 15) is 0 Å². The summed E-state index contributed by atoms with van der Waals surface area (Å²) in [6.07, 6.45) is 4.64. The monoisotopic (exact) mass is 259 g/mol. The van der Waals surface area contributed by atoms with Crippen LogP contribution in [0.2, 0.25) is 0 Å². The van der Waals surface area contributed by atoms with Crippen LogP contribution in [0.3, 0.4) is 0 Å². The smallest absolute Gasteiger partial charge is 0.120 e. The molecule has 1 unspecified atom stereocenters. The van der Waals surface area contributed by atoms with Crippen molar-refractivity contribution in [3.8, 4) is 5.75 Å². The number of imidazole rings is 1. The zero-order chi connectivity index (χ0) is 13.7. The molecule has 1 heterocycles. The molecule has 2 rings (SSSR count). The maximum Gasteiger partial charge on any atom is 0.120 e. The minimum atomic E-state index is 0.188. The van der Waals surface area contributed by atoms with Crippen LogP contribution in [0.1, 0.15) is 31.3 Å². The molecule has 0 saturated heterocycles. The highest BCUT2D eigenvalue weighted by Gasteiger charge is 2.12. The zero-order valence-corrected chi connectivity index (χ0v) is 11.7. The van der Waals surface area contributed by atoms with E-state index >= 15 is 0 Å². The summed E-state index contributed by atoms with van der Waals surface area (Å²) in [6, 6.07) is 8.44. The van der Waals surface area contributed by atoms with Gasteiger partial charge >= 0.3 is 0 Å². The first-order chi connectivity index (χ1) is 9.19. The van der Waals surface area contributed by atoms with Gasteiger partial charge < -0.3 is 15.0 Å². The number of aromatic amines is 1. The van der Waals surface area contributed by atoms with Gasteiger partial charge in [-0.05, 0) is 38.6 Å². The topological polar surface area (TPSA) is 49.9 Å². The molecule has 1 aromatic heterocycles. The van der Waals surface area contributed by atoms with Crippen molar-refractivity contribution in [2.75, 3.05) is 7.05 Å². The van der Waals surface area contributed by atoms with Gasteiger partial charge in [-0.2, -0.15) is 0 Å². The van der Waals surface area contributed by atoms with Crippen LogP contribution in [0.15, 0.2) is 36.7 Å². The lowest BCUT2D eigenvalue weighted by molar-refractivity contribution is 0.242. The van der Waals surface area contributed by atoms with Crippen LogP contribution in [0, 0.1) is 0 Å². The van der Waals surface area contributed by atoms with Crippen molar-refractivity contribution < 1.29 is 4.74 Å². The number of nitrogens with one attached hydrogen (secondary N) is 2. The molecule has 2 N–H and O–H groups in total. The average molecular weight is 259 g/mol. The van der Waals surface area contributed by atoms with E-state index in [4.69, 9.17) is 4.74 Å². The van der Waals surface area contributed by atoms with Gasteiger partial charge in [0.25, 0.3) is 0 Å². The Hall–Kier alpha value is -1.81. The Labute approximate surface area is 114 Å². The molecule has 102 valence electrons. The summed E-state index contributed by atoms with van der Waals surface area (Å²) in [4.78, 5) is 7.41. The van der Waals surface area contributed by atoms with Gasteiger partial charge in [0.15, 0.2) is 0 Å². The largest absolute Gasteiger partial charge is 0.491 e. The fourth-order valence-electron chi connectivity index (χ4n) is 2.07. The van der Waals surface area contributed by atoms with Crippen LogP contribution in [0.5, 0.6) is 5.75 Å². The van der Waals surface area contributed by atoms with Gasteiger partial charge in [0.1, 0.15) is 11.6 Å². The SMILES string of the molecule is CNC(Cc1ncc[nH]1)c1cccc(OC(C)C)c1. The number of rotatable bonds is 6. The van der Waals surface area contributed by atoms with E-state index in [1.165, 1.54) is 5.56 Å². The first kappa shape index (κ1) is 13.6. The number of benzene rings is 1. The molecule has 1 aromatic carbocycles. The standard InChI is InChI=1S/C15H21N3O/c1-11(2)19-13-6-4-5-12(9-13)14(16-3)10-15-17-7-8-18-15/h4-9,11,14,16H,10H2,1-3H3,(H,17,18). The highest BCUT2D eigenvalue weighted by Crippen LogP contribution is 2.22. The van der Waals surface area contributed by atoms with E-state index in [0.29, 0.717) is 0 Å². The molecular weight excluding hydrogens is 238 g/mol. The van der Waals surface area contributed by atoms with Crippen molar-refractivity contribution >= 4 is 0 Å². The molecule has 4 heteroatoms. The molecule has 19 heavy (non-hydrogen) atoms. The normalized spacial score (nSPS) is 12.6. The van der Waals surface area contributed by atoms with Crippen molar-refractivity contribution in [2.24, 2.45) is 0 Å². The number of likely N-dealkylation sites (N-methyl/N-ethyl adjacent to an activating group) is 1. The lowest BCUT2D eigenvalue weighted by atomic mass is 10.0. The summed E-state index contributed by atoms with van der Waals surface area (Å²) >= 11 is 0. The molecule has 1 atom stereocenters. The summed E-state index contributed by atoms with van der Waals surface area (Å²) < 4.78 is 5.73. The van der Waals surface area contributed by atoms with E-state index < -0.39 is 0 Å². The predicted molar refractivity (Wildman–Crippen MR) is 76.3 cm³/mol. The summed E-state index contributed by atoms with van der Waals surface area (Å²) in [5, 5.41) is 3.32. The van der Waals surface area contributed by atoms with Crippen molar-refractivity contribution in [1.29, 1.82) is 0 Å². The van der Waals surface area contributed by atoms with Crippen molar-refractivity contribution in [3.63, 3.8) is 0 Å². The lowest BCUT2D eigenvalue weighted by Gasteiger charge is -2.17. The van der Waals surface area contributed by atoms with Crippen molar-refractivity contribution in [3.05, 3.63) is 48.0 Å². The van der Waals surface area contributed by atoms with E-state index in [1.54, 1.807) is 6.20 Å². The Kier molecular flexibility index (Phi) is 4.58. The Morgan fingerprint density at radius 2 is 2.21 bits per heavy atom. The third kappa shape index (κ3) is 3.83. The second-order valence-electron chi connectivity index (χ2n) is 4.82. The van der Waals surface area contributed by atoms with Crippen LogP contribution < -0.4 is 10.1 Å². The van der Waals surface area contributed by atoms with E-state index in [2.05, 4.69) is 27.4 Å². The molecule has 0 spiro atoms. The van der Waals surface area contributed by atoms with Crippen LogP contribution in [0.25, 0.3) is 0 Å². The molecule has 0 aliphatic heterocycles. The molecule has 0 bridgehead atoms. The minimum absolute atomic E-state index is 0.188. The number of H-pyrrole nitrogens is 1. The Morgan fingerprint density at radius 1 is 1.37 bits per heavy atom. The third-order valence-corrected chi connectivity index (χ3v) is 2.93. The lowest BCUT2D eigenvalue weighted by Crippen LogP contribution is -2.19. The number of aromatic nitrogens is 2. The van der Waals surface area contributed by atoms with Crippen LogP contribution in [-0.2, 0) is 6.42 Å². The first-order valence-electron chi connectivity index (χ1n) is 6.61. The fourth-order valence-corrected chi connectivity index (χ4v) is 2.07. The minimum Gasteiger partial charge on any atom is -0.491 e. The Balaban J connectivity index is 2.13. The Morgan fingerprint density at radius 3 is 2.84 bits per heavy atom. The summed E-state index contributed by atoms with van der Waals surface area (Å²) in [5.74, 6) is 1.89. The third-order valence-electron chi connectivity index (χ3n) is 2.93. The fraction of sp³-hybridized carbons (Fsp3) is 0.400.